The molecule has 0 bridgehead atoms. The van der Waals surface area contributed by atoms with Gasteiger partial charge < -0.3 is 19.5 Å². The van der Waals surface area contributed by atoms with Crippen molar-refractivity contribution in [1.82, 2.24) is 15.0 Å². The third kappa shape index (κ3) is 4.79. The summed E-state index contributed by atoms with van der Waals surface area (Å²) < 4.78 is 42.4. The Bertz CT molecular complexity index is 1130. The maximum absolute atomic E-state index is 12.0. The van der Waals surface area contributed by atoms with Crippen molar-refractivity contribution in [3.8, 4) is 17.2 Å². The molecule has 0 fully saturated rings. The van der Waals surface area contributed by atoms with Gasteiger partial charge in [-0.3, -0.25) is 4.72 Å². The Hall–Kier alpha value is -3.34. The van der Waals surface area contributed by atoms with E-state index in [1.807, 2.05) is 0 Å². The van der Waals surface area contributed by atoms with Crippen LogP contribution in [0, 0.1) is 0 Å². The number of nitrogens with zero attached hydrogens (tertiary/aromatic N) is 3. The zero-order valence-electron chi connectivity index (χ0n) is 17.1. The standard InChI is InChI=1S/C19H23N5O5S/c1-5-8-30(25,26)24-16-7-6-13-19(22-16)23-17(11-20-13)21-12-9-14(27-2)18(29-4)15(10-12)28-3/h6-7,9-11H,5,8H2,1-4H3,(H2,21,22,23,24). The van der Waals surface area contributed by atoms with Crippen LogP contribution in [0.25, 0.3) is 11.2 Å². The van der Waals surface area contributed by atoms with Crippen molar-refractivity contribution < 1.29 is 22.6 Å². The number of methoxy groups -OCH3 is 3. The van der Waals surface area contributed by atoms with Crippen molar-refractivity contribution in [3.05, 3.63) is 30.5 Å². The molecule has 0 saturated heterocycles. The van der Waals surface area contributed by atoms with Gasteiger partial charge in [-0.2, -0.15) is 0 Å². The van der Waals surface area contributed by atoms with Crippen molar-refractivity contribution in [2.24, 2.45) is 0 Å². The van der Waals surface area contributed by atoms with E-state index in [2.05, 4.69) is 25.0 Å². The van der Waals surface area contributed by atoms with Gasteiger partial charge in [0, 0.05) is 17.8 Å². The van der Waals surface area contributed by atoms with Crippen LogP contribution < -0.4 is 24.2 Å². The highest BCUT2D eigenvalue weighted by atomic mass is 32.2. The SMILES string of the molecule is CCCS(=O)(=O)Nc1ccc2ncc(Nc3cc(OC)c(OC)c(OC)c3)nc2n1. The third-order valence-electron chi connectivity index (χ3n) is 4.08. The number of ether oxygens (including phenoxy) is 3. The van der Waals surface area contributed by atoms with Crippen molar-refractivity contribution in [2.45, 2.75) is 13.3 Å². The summed E-state index contributed by atoms with van der Waals surface area (Å²) >= 11 is 0. The first-order chi connectivity index (χ1) is 14.4. The Morgan fingerprint density at radius 1 is 0.967 bits per heavy atom. The van der Waals surface area contributed by atoms with E-state index in [0.29, 0.717) is 46.3 Å². The molecule has 0 unspecified atom stereocenters. The molecule has 0 aliphatic carbocycles. The Labute approximate surface area is 174 Å². The molecule has 2 heterocycles. The van der Waals surface area contributed by atoms with Crippen molar-refractivity contribution >= 4 is 38.5 Å². The largest absolute Gasteiger partial charge is 0.493 e. The molecule has 0 atom stereocenters. The maximum Gasteiger partial charge on any atom is 0.233 e. The van der Waals surface area contributed by atoms with Crippen molar-refractivity contribution in [2.75, 3.05) is 37.1 Å². The number of anilines is 3. The van der Waals surface area contributed by atoms with Gasteiger partial charge in [-0.05, 0) is 18.6 Å². The predicted molar refractivity (Wildman–Crippen MR) is 114 cm³/mol. The van der Waals surface area contributed by atoms with E-state index in [0.717, 1.165) is 0 Å². The number of benzene rings is 1. The average Bonchev–Trinajstić information content (AvgIpc) is 2.72. The summed E-state index contributed by atoms with van der Waals surface area (Å²) in [4.78, 5) is 13.0. The molecule has 10 nitrogen and oxygen atoms in total. The van der Waals surface area contributed by atoms with Crippen LogP contribution in [0.15, 0.2) is 30.5 Å². The fourth-order valence-corrected chi connectivity index (χ4v) is 3.87. The predicted octanol–water partition coefficient (Wildman–Crippen LogP) is 2.95. The number of nitrogens with one attached hydrogen (secondary N) is 2. The molecule has 3 rings (SSSR count). The van der Waals surface area contributed by atoms with Gasteiger partial charge >= 0.3 is 0 Å². The lowest BCUT2D eigenvalue weighted by molar-refractivity contribution is 0.324. The summed E-state index contributed by atoms with van der Waals surface area (Å²) in [5.74, 6) is 2.06. The molecule has 11 heteroatoms. The highest BCUT2D eigenvalue weighted by Gasteiger charge is 2.14. The Kier molecular flexibility index (Phi) is 6.40. The molecule has 1 aromatic carbocycles. The molecule has 0 spiro atoms. The lowest BCUT2D eigenvalue weighted by Crippen LogP contribution is -2.17. The minimum Gasteiger partial charge on any atom is -0.493 e. The molecule has 160 valence electrons. The number of hydrogen-bond donors (Lipinski definition) is 2. The quantitative estimate of drug-likeness (QED) is 0.524. The molecule has 2 aromatic heterocycles. The normalized spacial score (nSPS) is 11.2. The molecule has 2 N–H and O–H groups in total. The van der Waals surface area contributed by atoms with Gasteiger partial charge in [0.2, 0.25) is 15.8 Å². The molecule has 3 aromatic rings. The van der Waals surface area contributed by atoms with E-state index in [9.17, 15) is 8.42 Å². The zero-order chi connectivity index (χ0) is 21.7. The van der Waals surface area contributed by atoms with Gasteiger partial charge in [0.15, 0.2) is 23.0 Å². The summed E-state index contributed by atoms with van der Waals surface area (Å²) in [6.45, 7) is 1.79. The van der Waals surface area contributed by atoms with E-state index in [4.69, 9.17) is 14.2 Å². The van der Waals surface area contributed by atoms with Gasteiger partial charge in [0.05, 0.1) is 33.3 Å². The van der Waals surface area contributed by atoms with Gasteiger partial charge in [-0.15, -0.1) is 0 Å². The summed E-state index contributed by atoms with van der Waals surface area (Å²) in [6, 6.07) is 6.67. The van der Waals surface area contributed by atoms with E-state index >= 15 is 0 Å². The Balaban J connectivity index is 1.92. The molecule has 0 amide bonds. The smallest absolute Gasteiger partial charge is 0.233 e. The number of aromatic nitrogens is 3. The van der Waals surface area contributed by atoms with E-state index in [-0.39, 0.29) is 11.6 Å². The van der Waals surface area contributed by atoms with Gasteiger partial charge in [-0.25, -0.2) is 23.4 Å². The topological polar surface area (TPSA) is 125 Å². The second kappa shape index (κ2) is 8.99. The van der Waals surface area contributed by atoms with Gasteiger partial charge in [0.25, 0.3) is 0 Å². The molecule has 0 saturated carbocycles. The summed E-state index contributed by atoms with van der Waals surface area (Å²) in [5, 5.41) is 3.12. The summed E-state index contributed by atoms with van der Waals surface area (Å²) in [5.41, 5.74) is 1.46. The highest BCUT2D eigenvalue weighted by Crippen LogP contribution is 2.40. The van der Waals surface area contributed by atoms with Crippen LogP contribution in [0.2, 0.25) is 0 Å². The molecule has 0 aliphatic heterocycles. The fourth-order valence-electron chi connectivity index (χ4n) is 2.80. The number of rotatable bonds is 9. The third-order valence-corrected chi connectivity index (χ3v) is 5.54. The zero-order valence-corrected chi connectivity index (χ0v) is 17.9. The van der Waals surface area contributed by atoms with Gasteiger partial charge in [-0.1, -0.05) is 6.92 Å². The Morgan fingerprint density at radius 3 is 2.23 bits per heavy atom. The Morgan fingerprint density at radius 2 is 1.63 bits per heavy atom. The lowest BCUT2D eigenvalue weighted by atomic mass is 10.2. The number of pyridine rings is 1. The first kappa shape index (κ1) is 21.4. The van der Waals surface area contributed by atoms with Crippen LogP contribution in [-0.2, 0) is 10.0 Å². The molecule has 30 heavy (non-hydrogen) atoms. The number of fused-ring (bicyclic) bond motifs is 1. The van der Waals surface area contributed by atoms with Crippen molar-refractivity contribution in [3.63, 3.8) is 0 Å². The van der Waals surface area contributed by atoms with E-state index < -0.39 is 10.0 Å². The molecule has 0 aliphatic rings. The van der Waals surface area contributed by atoms with Crippen LogP contribution >= 0.6 is 0 Å². The van der Waals surface area contributed by atoms with Crippen LogP contribution in [0.5, 0.6) is 17.2 Å². The minimum absolute atomic E-state index is 0.0150. The second-order valence-corrected chi connectivity index (χ2v) is 8.10. The monoisotopic (exact) mass is 433 g/mol. The van der Waals surface area contributed by atoms with Crippen LogP contribution in [0.4, 0.5) is 17.3 Å². The highest BCUT2D eigenvalue weighted by molar-refractivity contribution is 7.92. The van der Waals surface area contributed by atoms with Crippen LogP contribution in [0.3, 0.4) is 0 Å². The van der Waals surface area contributed by atoms with Crippen molar-refractivity contribution in [1.29, 1.82) is 0 Å². The van der Waals surface area contributed by atoms with Crippen LogP contribution in [0.1, 0.15) is 13.3 Å². The van der Waals surface area contributed by atoms with E-state index in [1.165, 1.54) is 21.3 Å². The van der Waals surface area contributed by atoms with Gasteiger partial charge in [0.1, 0.15) is 11.3 Å². The molecule has 0 radical (unpaired) electrons. The maximum atomic E-state index is 12.0. The first-order valence-electron chi connectivity index (χ1n) is 9.10. The fraction of sp³-hybridized carbons (Fsp3) is 0.316. The average molecular weight is 433 g/mol. The number of sulfonamides is 1. The van der Waals surface area contributed by atoms with E-state index in [1.54, 1.807) is 37.4 Å². The summed E-state index contributed by atoms with van der Waals surface area (Å²) in [6.07, 6.45) is 2.06. The minimum atomic E-state index is -3.45. The van der Waals surface area contributed by atoms with Crippen LogP contribution in [-0.4, -0.2) is 50.5 Å². The first-order valence-corrected chi connectivity index (χ1v) is 10.8. The molecular formula is C19H23N5O5S. The second-order valence-electron chi connectivity index (χ2n) is 6.25. The number of hydrogen-bond acceptors (Lipinski definition) is 9. The lowest BCUT2D eigenvalue weighted by Gasteiger charge is -2.15. The summed E-state index contributed by atoms with van der Waals surface area (Å²) in [7, 11) is 1.14. The molecular weight excluding hydrogens is 410 g/mol.